The minimum absolute atomic E-state index is 0.0825. The van der Waals surface area contributed by atoms with Crippen molar-refractivity contribution >= 4 is 0 Å². The van der Waals surface area contributed by atoms with Crippen molar-refractivity contribution in [2.24, 2.45) is 16.9 Å². The maximum atomic E-state index is 6.41. The molecule has 0 amide bonds. The third-order valence-corrected chi connectivity index (χ3v) is 4.18. The molecular formula is C14H22N2O2. The summed E-state index contributed by atoms with van der Waals surface area (Å²) in [5.41, 5.74) is 15.6. The molecule has 4 N–H and O–H groups in total. The smallest absolute Gasteiger partial charge is 0.122 e. The van der Waals surface area contributed by atoms with Crippen LogP contribution in [0.1, 0.15) is 22.7 Å². The van der Waals surface area contributed by atoms with Crippen molar-refractivity contribution < 1.29 is 9.47 Å². The first kappa shape index (κ1) is 13.3. The average Bonchev–Trinajstić information content (AvgIpc) is 2.31. The van der Waals surface area contributed by atoms with Crippen LogP contribution in [0.25, 0.3) is 0 Å². The molecule has 1 aromatic rings. The SMILES string of the molecule is COc1ccc(C(N)C2(CN)COC2)c(C)c1C. The van der Waals surface area contributed by atoms with Crippen LogP contribution in [0, 0.1) is 19.3 Å². The highest BCUT2D eigenvalue weighted by atomic mass is 16.5. The van der Waals surface area contributed by atoms with E-state index in [2.05, 4.69) is 13.8 Å². The molecule has 1 saturated heterocycles. The lowest BCUT2D eigenvalue weighted by atomic mass is 9.74. The molecule has 1 unspecified atom stereocenters. The largest absolute Gasteiger partial charge is 0.496 e. The zero-order chi connectivity index (χ0) is 13.3. The van der Waals surface area contributed by atoms with E-state index in [0.717, 1.165) is 16.9 Å². The van der Waals surface area contributed by atoms with Crippen LogP contribution >= 0.6 is 0 Å². The van der Waals surface area contributed by atoms with E-state index in [4.69, 9.17) is 20.9 Å². The predicted molar refractivity (Wildman–Crippen MR) is 71.7 cm³/mol. The lowest BCUT2D eigenvalue weighted by Gasteiger charge is -2.45. The van der Waals surface area contributed by atoms with Gasteiger partial charge in [0.15, 0.2) is 0 Å². The summed E-state index contributed by atoms with van der Waals surface area (Å²) in [6, 6.07) is 3.93. The molecule has 0 bridgehead atoms. The first-order valence-electron chi connectivity index (χ1n) is 6.23. The predicted octanol–water partition coefficient (Wildman–Crippen LogP) is 1.29. The van der Waals surface area contributed by atoms with E-state index in [-0.39, 0.29) is 11.5 Å². The molecule has 1 atom stereocenters. The fourth-order valence-electron chi connectivity index (χ4n) is 2.49. The fraction of sp³-hybridized carbons (Fsp3) is 0.571. The maximum Gasteiger partial charge on any atom is 0.122 e. The molecule has 0 aromatic heterocycles. The Morgan fingerprint density at radius 3 is 2.44 bits per heavy atom. The van der Waals surface area contributed by atoms with Gasteiger partial charge in [-0.05, 0) is 36.6 Å². The number of rotatable bonds is 4. The summed E-state index contributed by atoms with van der Waals surface area (Å²) in [4.78, 5) is 0. The van der Waals surface area contributed by atoms with Crippen molar-refractivity contribution in [3.8, 4) is 5.75 Å². The Balaban J connectivity index is 2.36. The van der Waals surface area contributed by atoms with Crippen LogP contribution in [-0.2, 0) is 4.74 Å². The molecule has 2 rings (SSSR count). The summed E-state index contributed by atoms with van der Waals surface area (Å²) in [6.07, 6.45) is 0. The molecule has 1 heterocycles. The Bertz CT molecular complexity index is 436. The van der Waals surface area contributed by atoms with Gasteiger partial charge in [-0.2, -0.15) is 0 Å². The monoisotopic (exact) mass is 250 g/mol. The molecule has 0 spiro atoms. The summed E-state index contributed by atoms with van der Waals surface area (Å²) in [5, 5.41) is 0. The molecule has 1 aliphatic rings. The molecule has 4 heteroatoms. The standard InChI is InChI=1S/C14H22N2O2/c1-9-10(2)12(17-3)5-4-11(9)13(16)14(6-15)7-18-8-14/h4-5,13H,6-8,15-16H2,1-3H3. The molecule has 100 valence electrons. The summed E-state index contributed by atoms with van der Waals surface area (Å²) in [5.74, 6) is 0.898. The molecular weight excluding hydrogens is 228 g/mol. The molecule has 1 fully saturated rings. The van der Waals surface area contributed by atoms with E-state index in [9.17, 15) is 0 Å². The minimum atomic E-state index is -0.105. The third kappa shape index (κ3) is 1.90. The van der Waals surface area contributed by atoms with Gasteiger partial charge in [0.1, 0.15) is 5.75 Å². The normalized spacial score (nSPS) is 19.2. The van der Waals surface area contributed by atoms with Crippen molar-refractivity contribution in [2.75, 3.05) is 26.9 Å². The topological polar surface area (TPSA) is 70.5 Å². The molecule has 1 aromatic carbocycles. The van der Waals surface area contributed by atoms with Crippen LogP contribution in [0.15, 0.2) is 12.1 Å². The van der Waals surface area contributed by atoms with Crippen LogP contribution in [0.3, 0.4) is 0 Å². The average molecular weight is 250 g/mol. The van der Waals surface area contributed by atoms with Crippen molar-refractivity contribution in [3.05, 3.63) is 28.8 Å². The lowest BCUT2D eigenvalue weighted by molar-refractivity contribution is -0.121. The van der Waals surface area contributed by atoms with Gasteiger partial charge >= 0.3 is 0 Å². The van der Waals surface area contributed by atoms with Gasteiger partial charge in [-0.15, -0.1) is 0 Å². The minimum Gasteiger partial charge on any atom is -0.496 e. The van der Waals surface area contributed by atoms with Gasteiger partial charge in [-0.25, -0.2) is 0 Å². The van der Waals surface area contributed by atoms with Crippen LogP contribution in [0.2, 0.25) is 0 Å². The Morgan fingerprint density at radius 1 is 1.33 bits per heavy atom. The Labute approximate surface area is 108 Å². The summed E-state index contributed by atoms with van der Waals surface area (Å²) < 4.78 is 10.6. The van der Waals surface area contributed by atoms with Crippen molar-refractivity contribution in [2.45, 2.75) is 19.9 Å². The number of benzene rings is 1. The van der Waals surface area contributed by atoms with Crippen molar-refractivity contribution in [1.29, 1.82) is 0 Å². The number of hydrogen-bond acceptors (Lipinski definition) is 4. The zero-order valence-electron chi connectivity index (χ0n) is 11.3. The first-order valence-corrected chi connectivity index (χ1v) is 6.23. The number of hydrogen-bond donors (Lipinski definition) is 2. The van der Waals surface area contributed by atoms with Gasteiger partial charge in [0, 0.05) is 18.0 Å². The molecule has 0 radical (unpaired) electrons. The molecule has 0 saturated carbocycles. The number of nitrogens with two attached hydrogens (primary N) is 2. The number of ether oxygens (including phenoxy) is 2. The Kier molecular flexibility index (Phi) is 3.61. The van der Waals surface area contributed by atoms with E-state index in [1.165, 1.54) is 5.56 Å². The van der Waals surface area contributed by atoms with E-state index in [1.807, 2.05) is 12.1 Å². The van der Waals surface area contributed by atoms with Gasteiger partial charge < -0.3 is 20.9 Å². The maximum absolute atomic E-state index is 6.41. The summed E-state index contributed by atoms with van der Waals surface area (Å²) in [7, 11) is 1.68. The highest BCUT2D eigenvalue weighted by Crippen LogP contribution is 2.40. The highest BCUT2D eigenvalue weighted by molar-refractivity contribution is 5.45. The molecule has 4 nitrogen and oxygen atoms in total. The van der Waals surface area contributed by atoms with Crippen molar-refractivity contribution in [3.63, 3.8) is 0 Å². The highest BCUT2D eigenvalue weighted by Gasteiger charge is 2.44. The zero-order valence-corrected chi connectivity index (χ0v) is 11.3. The second-order valence-electron chi connectivity index (χ2n) is 5.14. The van der Waals surface area contributed by atoms with Crippen LogP contribution in [-0.4, -0.2) is 26.9 Å². The van der Waals surface area contributed by atoms with Crippen LogP contribution < -0.4 is 16.2 Å². The van der Waals surface area contributed by atoms with Gasteiger partial charge in [0.05, 0.1) is 20.3 Å². The van der Waals surface area contributed by atoms with Crippen LogP contribution in [0.5, 0.6) is 5.75 Å². The van der Waals surface area contributed by atoms with Gasteiger partial charge in [-0.3, -0.25) is 0 Å². The quantitative estimate of drug-likeness (QED) is 0.844. The second-order valence-corrected chi connectivity index (χ2v) is 5.14. The van der Waals surface area contributed by atoms with Gasteiger partial charge in [-0.1, -0.05) is 6.07 Å². The first-order chi connectivity index (χ1) is 8.55. The summed E-state index contributed by atoms with van der Waals surface area (Å²) >= 11 is 0. The Hall–Kier alpha value is -1.10. The molecule has 0 aliphatic carbocycles. The third-order valence-electron chi connectivity index (χ3n) is 4.18. The fourth-order valence-corrected chi connectivity index (χ4v) is 2.49. The van der Waals surface area contributed by atoms with Gasteiger partial charge in [0.25, 0.3) is 0 Å². The second kappa shape index (κ2) is 4.88. The lowest BCUT2D eigenvalue weighted by Crippen LogP contribution is -2.55. The number of methoxy groups -OCH3 is 1. The van der Waals surface area contributed by atoms with Crippen LogP contribution in [0.4, 0.5) is 0 Å². The van der Waals surface area contributed by atoms with E-state index in [0.29, 0.717) is 19.8 Å². The van der Waals surface area contributed by atoms with E-state index >= 15 is 0 Å². The summed E-state index contributed by atoms with van der Waals surface area (Å²) in [6.45, 7) is 5.98. The van der Waals surface area contributed by atoms with E-state index < -0.39 is 0 Å². The molecule has 18 heavy (non-hydrogen) atoms. The van der Waals surface area contributed by atoms with E-state index in [1.54, 1.807) is 7.11 Å². The van der Waals surface area contributed by atoms with Gasteiger partial charge in [0.2, 0.25) is 0 Å². The van der Waals surface area contributed by atoms with Crippen molar-refractivity contribution in [1.82, 2.24) is 0 Å². The Morgan fingerprint density at radius 2 is 2.00 bits per heavy atom. The molecule has 1 aliphatic heterocycles.